The summed E-state index contributed by atoms with van der Waals surface area (Å²) in [6.07, 6.45) is 0. The molecule has 0 atom stereocenters. The van der Waals surface area contributed by atoms with Crippen molar-refractivity contribution in [3.05, 3.63) is 47.5 Å². The first kappa shape index (κ1) is 22.7. The molecule has 0 aliphatic heterocycles. The molecule has 0 heterocycles. The highest BCUT2D eigenvalue weighted by atomic mass is 32.2. The first-order chi connectivity index (χ1) is 13.7. The molecule has 2 aromatic carbocycles. The van der Waals surface area contributed by atoms with Crippen LogP contribution in [-0.2, 0) is 14.8 Å². The van der Waals surface area contributed by atoms with E-state index in [1.54, 1.807) is 19.9 Å². The average molecular weight is 420 g/mol. The second-order valence-electron chi connectivity index (χ2n) is 6.60. The van der Waals surface area contributed by atoms with Gasteiger partial charge in [0.05, 0.1) is 24.2 Å². The van der Waals surface area contributed by atoms with Crippen molar-refractivity contribution >= 4 is 27.3 Å². The van der Waals surface area contributed by atoms with Crippen LogP contribution in [0.1, 0.15) is 25.0 Å². The third-order valence-electron chi connectivity index (χ3n) is 4.83. The van der Waals surface area contributed by atoms with Crippen molar-refractivity contribution < 1.29 is 17.9 Å². The SMILES string of the molecule is CCN(CC)S(=O)(=O)c1ccc(OC)c(NC(=O)CNc2cccc(C)c2C)c1. The molecule has 2 N–H and O–H groups in total. The number of carbonyl (C=O) groups excluding carboxylic acids is 1. The topological polar surface area (TPSA) is 87.7 Å². The Morgan fingerprint density at radius 3 is 2.38 bits per heavy atom. The fourth-order valence-electron chi connectivity index (χ4n) is 2.97. The predicted octanol–water partition coefficient (Wildman–Crippen LogP) is 3.39. The Hall–Kier alpha value is -2.58. The third-order valence-corrected chi connectivity index (χ3v) is 6.88. The molecule has 7 nitrogen and oxygen atoms in total. The number of sulfonamides is 1. The molecule has 0 spiro atoms. The largest absolute Gasteiger partial charge is 0.495 e. The Labute approximate surface area is 173 Å². The summed E-state index contributed by atoms with van der Waals surface area (Å²) >= 11 is 0. The lowest BCUT2D eigenvalue weighted by Crippen LogP contribution is -2.30. The van der Waals surface area contributed by atoms with Crippen LogP contribution in [0, 0.1) is 13.8 Å². The zero-order valence-corrected chi connectivity index (χ0v) is 18.4. The molecular weight excluding hydrogens is 390 g/mol. The summed E-state index contributed by atoms with van der Waals surface area (Å²) in [6.45, 7) is 8.34. The van der Waals surface area contributed by atoms with Gasteiger partial charge in [0.1, 0.15) is 5.75 Å². The van der Waals surface area contributed by atoms with Gasteiger partial charge >= 0.3 is 0 Å². The van der Waals surface area contributed by atoms with Gasteiger partial charge in [0.2, 0.25) is 15.9 Å². The number of benzene rings is 2. The summed E-state index contributed by atoms with van der Waals surface area (Å²) < 4.78 is 32.2. The van der Waals surface area contributed by atoms with Crippen molar-refractivity contribution in [2.45, 2.75) is 32.6 Å². The van der Waals surface area contributed by atoms with E-state index in [2.05, 4.69) is 10.6 Å². The fraction of sp³-hybridized carbons (Fsp3) is 0.381. The van der Waals surface area contributed by atoms with Crippen LogP contribution in [0.25, 0.3) is 0 Å². The Balaban J connectivity index is 2.20. The maximum absolute atomic E-state index is 12.8. The maximum atomic E-state index is 12.8. The van der Waals surface area contributed by atoms with Gasteiger partial charge in [0.15, 0.2) is 0 Å². The molecule has 0 aliphatic carbocycles. The smallest absolute Gasteiger partial charge is 0.243 e. The summed E-state index contributed by atoms with van der Waals surface area (Å²) in [7, 11) is -2.17. The minimum Gasteiger partial charge on any atom is -0.495 e. The highest BCUT2D eigenvalue weighted by Gasteiger charge is 2.23. The number of ether oxygens (including phenoxy) is 1. The van der Waals surface area contributed by atoms with Crippen LogP contribution in [0.15, 0.2) is 41.3 Å². The summed E-state index contributed by atoms with van der Waals surface area (Å²) in [6, 6.07) is 10.3. The van der Waals surface area contributed by atoms with Gasteiger partial charge in [-0.15, -0.1) is 0 Å². The number of nitrogens with one attached hydrogen (secondary N) is 2. The highest BCUT2D eigenvalue weighted by molar-refractivity contribution is 7.89. The number of carbonyl (C=O) groups is 1. The van der Waals surface area contributed by atoms with Crippen molar-refractivity contribution in [2.75, 3.05) is 37.4 Å². The molecule has 0 aromatic heterocycles. The Kier molecular flexibility index (Phi) is 7.64. The summed E-state index contributed by atoms with van der Waals surface area (Å²) in [4.78, 5) is 12.6. The average Bonchev–Trinajstić information content (AvgIpc) is 2.69. The Morgan fingerprint density at radius 2 is 1.76 bits per heavy atom. The van der Waals surface area contributed by atoms with Gasteiger partial charge in [-0.25, -0.2) is 8.42 Å². The Bertz CT molecular complexity index is 970. The van der Waals surface area contributed by atoms with E-state index >= 15 is 0 Å². The van der Waals surface area contributed by atoms with Gasteiger partial charge in [-0.05, 0) is 49.2 Å². The second-order valence-corrected chi connectivity index (χ2v) is 8.54. The van der Waals surface area contributed by atoms with Crippen molar-refractivity contribution in [3.8, 4) is 5.75 Å². The van der Waals surface area contributed by atoms with Gasteiger partial charge in [-0.1, -0.05) is 26.0 Å². The molecule has 0 aliphatic rings. The number of amides is 1. The second kappa shape index (κ2) is 9.76. The number of rotatable bonds is 9. The van der Waals surface area contributed by atoms with Crippen LogP contribution in [0.4, 0.5) is 11.4 Å². The van der Waals surface area contributed by atoms with Crippen molar-refractivity contribution in [2.24, 2.45) is 0 Å². The fourth-order valence-corrected chi connectivity index (χ4v) is 4.46. The van der Waals surface area contributed by atoms with Crippen LogP contribution in [0.5, 0.6) is 5.75 Å². The Morgan fingerprint density at radius 1 is 1.07 bits per heavy atom. The van der Waals surface area contributed by atoms with Crippen LogP contribution < -0.4 is 15.4 Å². The van der Waals surface area contributed by atoms with E-state index in [-0.39, 0.29) is 17.3 Å². The summed E-state index contributed by atoms with van der Waals surface area (Å²) in [5.74, 6) is 0.0881. The molecule has 0 saturated carbocycles. The molecule has 2 aromatic rings. The normalized spacial score (nSPS) is 11.4. The van der Waals surface area contributed by atoms with Crippen LogP contribution in [-0.4, -0.2) is 45.4 Å². The molecule has 158 valence electrons. The molecule has 8 heteroatoms. The van der Waals surface area contributed by atoms with Crippen LogP contribution >= 0.6 is 0 Å². The van der Waals surface area contributed by atoms with Gasteiger partial charge in [0, 0.05) is 18.8 Å². The van der Waals surface area contributed by atoms with E-state index in [0.29, 0.717) is 24.5 Å². The van der Waals surface area contributed by atoms with E-state index in [0.717, 1.165) is 16.8 Å². The molecule has 0 unspecified atom stereocenters. The third kappa shape index (κ3) is 5.27. The number of hydrogen-bond donors (Lipinski definition) is 2. The molecule has 29 heavy (non-hydrogen) atoms. The van der Waals surface area contributed by atoms with Crippen LogP contribution in [0.3, 0.4) is 0 Å². The number of methoxy groups -OCH3 is 1. The minimum atomic E-state index is -3.64. The molecule has 0 radical (unpaired) electrons. The van der Waals surface area contributed by atoms with Gasteiger partial charge in [0.25, 0.3) is 0 Å². The number of aryl methyl sites for hydroxylation is 1. The van der Waals surface area contributed by atoms with Gasteiger partial charge in [-0.2, -0.15) is 4.31 Å². The predicted molar refractivity (Wildman–Crippen MR) is 116 cm³/mol. The highest BCUT2D eigenvalue weighted by Crippen LogP contribution is 2.29. The molecule has 1 amide bonds. The summed E-state index contributed by atoms with van der Waals surface area (Å²) in [5, 5.41) is 5.86. The minimum absolute atomic E-state index is 0.0421. The quantitative estimate of drug-likeness (QED) is 0.650. The summed E-state index contributed by atoms with van der Waals surface area (Å²) in [5.41, 5.74) is 3.40. The van der Waals surface area contributed by atoms with E-state index in [1.807, 2.05) is 32.0 Å². The van der Waals surface area contributed by atoms with E-state index in [9.17, 15) is 13.2 Å². The first-order valence-electron chi connectivity index (χ1n) is 9.52. The molecule has 0 saturated heterocycles. The lowest BCUT2D eigenvalue weighted by molar-refractivity contribution is -0.114. The van der Waals surface area contributed by atoms with E-state index in [4.69, 9.17) is 4.74 Å². The lowest BCUT2D eigenvalue weighted by Gasteiger charge is -2.20. The number of anilines is 2. The van der Waals surface area contributed by atoms with Crippen molar-refractivity contribution in [1.29, 1.82) is 0 Å². The van der Waals surface area contributed by atoms with Crippen molar-refractivity contribution in [1.82, 2.24) is 4.31 Å². The van der Waals surface area contributed by atoms with Gasteiger partial charge < -0.3 is 15.4 Å². The van der Waals surface area contributed by atoms with Crippen LogP contribution in [0.2, 0.25) is 0 Å². The lowest BCUT2D eigenvalue weighted by atomic mass is 10.1. The maximum Gasteiger partial charge on any atom is 0.243 e. The molecule has 0 bridgehead atoms. The number of nitrogens with zero attached hydrogens (tertiary/aromatic N) is 1. The van der Waals surface area contributed by atoms with E-state index < -0.39 is 10.0 Å². The first-order valence-corrected chi connectivity index (χ1v) is 11.0. The van der Waals surface area contributed by atoms with Gasteiger partial charge in [-0.3, -0.25) is 4.79 Å². The molecule has 0 fully saturated rings. The van der Waals surface area contributed by atoms with E-state index in [1.165, 1.54) is 23.5 Å². The molecular formula is C21H29N3O4S. The standard InChI is InChI=1S/C21H29N3O4S/c1-6-24(7-2)29(26,27)17-11-12-20(28-5)19(13-17)23-21(25)14-22-18-10-8-9-15(3)16(18)4/h8-13,22H,6-7,14H2,1-5H3,(H,23,25). The van der Waals surface area contributed by atoms with Crippen molar-refractivity contribution in [3.63, 3.8) is 0 Å². The molecule has 2 rings (SSSR count). The monoisotopic (exact) mass is 419 g/mol. The zero-order chi connectivity index (χ0) is 21.6. The zero-order valence-electron chi connectivity index (χ0n) is 17.6. The number of hydrogen-bond acceptors (Lipinski definition) is 5.